The summed E-state index contributed by atoms with van der Waals surface area (Å²) in [6.45, 7) is 6.51. The van der Waals surface area contributed by atoms with Crippen LogP contribution in [0.2, 0.25) is 0 Å². The average Bonchev–Trinajstić information content (AvgIpc) is 2.82. The standard InChI is InChI=1S/C12H22N2O3/c1-3-17-12(16)10(2)8-13-9-11(15)14-6-4-5-7-14/h10,13H,3-9H2,1-2H3. The summed E-state index contributed by atoms with van der Waals surface area (Å²) in [6.07, 6.45) is 2.20. The van der Waals surface area contributed by atoms with Gasteiger partial charge in [0.1, 0.15) is 0 Å². The summed E-state index contributed by atoms with van der Waals surface area (Å²) < 4.78 is 4.89. The van der Waals surface area contributed by atoms with Crippen molar-refractivity contribution in [1.29, 1.82) is 0 Å². The van der Waals surface area contributed by atoms with Gasteiger partial charge in [0.15, 0.2) is 0 Å². The predicted molar refractivity (Wildman–Crippen MR) is 64.5 cm³/mol. The highest BCUT2D eigenvalue weighted by Crippen LogP contribution is 2.06. The van der Waals surface area contributed by atoms with Gasteiger partial charge in [0.05, 0.1) is 19.1 Å². The van der Waals surface area contributed by atoms with Crippen LogP contribution in [0.5, 0.6) is 0 Å². The van der Waals surface area contributed by atoms with Gasteiger partial charge in [-0.25, -0.2) is 0 Å². The molecule has 5 heteroatoms. The van der Waals surface area contributed by atoms with Crippen molar-refractivity contribution >= 4 is 11.9 Å². The predicted octanol–water partition coefficient (Wildman–Crippen LogP) is 0.398. The van der Waals surface area contributed by atoms with E-state index in [1.807, 2.05) is 4.90 Å². The Balaban J connectivity index is 2.14. The zero-order chi connectivity index (χ0) is 12.7. The Morgan fingerprint density at radius 1 is 1.35 bits per heavy atom. The molecule has 1 unspecified atom stereocenters. The Bertz CT molecular complexity index is 262. The second kappa shape index (κ2) is 7.27. The van der Waals surface area contributed by atoms with E-state index in [4.69, 9.17) is 4.74 Å². The van der Waals surface area contributed by atoms with Gasteiger partial charge in [-0.1, -0.05) is 6.92 Å². The van der Waals surface area contributed by atoms with Crippen LogP contribution in [0.4, 0.5) is 0 Å². The third-order valence-electron chi connectivity index (χ3n) is 2.87. The van der Waals surface area contributed by atoms with E-state index in [1.54, 1.807) is 13.8 Å². The van der Waals surface area contributed by atoms with Crippen LogP contribution in [-0.2, 0) is 14.3 Å². The molecule has 17 heavy (non-hydrogen) atoms. The zero-order valence-corrected chi connectivity index (χ0v) is 10.7. The number of carbonyl (C=O) groups excluding carboxylic acids is 2. The second-order valence-electron chi connectivity index (χ2n) is 4.37. The summed E-state index contributed by atoms with van der Waals surface area (Å²) in [4.78, 5) is 24.9. The molecule has 1 N–H and O–H groups in total. The lowest BCUT2D eigenvalue weighted by Gasteiger charge is -2.16. The molecule has 1 saturated heterocycles. The molecule has 0 aliphatic carbocycles. The highest BCUT2D eigenvalue weighted by molar-refractivity contribution is 5.78. The van der Waals surface area contributed by atoms with Crippen LogP contribution in [0.3, 0.4) is 0 Å². The molecule has 0 spiro atoms. The number of hydrogen-bond acceptors (Lipinski definition) is 4. The van der Waals surface area contributed by atoms with Crippen molar-refractivity contribution in [3.63, 3.8) is 0 Å². The minimum Gasteiger partial charge on any atom is -0.466 e. The number of nitrogens with one attached hydrogen (secondary N) is 1. The summed E-state index contributed by atoms with van der Waals surface area (Å²) in [5.74, 6) is -0.298. The third kappa shape index (κ3) is 4.73. The highest BCUT2D eigenvalue weighted by Gasteiger charge is 2.18. The van der Waals surface area contributed by atoms with E-state index >= 15 is 0 Å². The molecule has 0 radical (unpaired) electrons. The molecule has 1 heterocycles. The number of esters is 1. The molecule has 98 valence electrons. The van der Waals surface area contributed by atoms with E-state index in [9.17, 15) is 9.59 Å². The maximum Gasteiger partial charge on any atom is 0.309 e. The van der Waals surface area contributed by atoms with Gasteiger partial charge in [-0.2, -0.15) is 0 Å². The fourth-order valence-electron chi connectivity index (χ4n) is 1.84. The molecule has 1 aliphatic heterocycles. The first-order chi connectivity index (χ1) is 8.15. The number of likely N-dealkylation sites (tertiary alicyclic amines) is 1. The van der Waals surface area contributed by atoms with E-state index in [1.165, 1.54) is 0 Å². The largest absolute Gasteiger partial charge is 0.466 e. The maximum atomic E-state index is 11.7. The molecule has 1 atom stereocenters. The molecule has 0 bridgehead atoms. The van der Waals surface area contributed by atoms with Crippen LogP contribution in [0, 0.1) is 5.92 Å². The van der Waals surface area contributed by atoms with Gasteiger partial charge in [-0.15, -0.1) is 0 Å². The molecule has 1 aliphatic rings. The summed E-state index contributed by atoms with van der Waals surface area (Å²) in [7, 11) is 0. The molecule has 1 amide bonds. The summed E-state index contributed by atoms with van der Waals surface area (Å²) in [6, 6.07) is 0. The van der Waals surface area contributed by atoms with Gasteiger partial charge in [-0.3, -0.25) is 9.59 Å². The minimum absolute atomic E-state index is 0.124. The van der Waals surface area contributed by atoms with Crippen molar-refractivity contribution in [2.24, 2.45) is 5.92 Å². The van der Waals surface area contributed by atoms with Gasteiger partial charge >= 0.3 is 5.97 Å². The van der Waals surface area contributed by atoms with Gasteiger partial charge < -0.3 is 15.0 Å². The van der Waals surface area contributed by atoms with Crippen LogP contribution in [0.25, 0.3) is 0 Å². The summed E-state index contributed by atoms with van der Waals surface area (Å²) in [5, 5.41) is 3.01. The van der Waals surface area contributed by atoms with E-state index in [0.29, 0.717) is 19.7 Å². The fraction of sp³-hybridized carbons (Fsp3) is 0.833. The molecule has 1 rings (SSSR count). The topological polar surface area (TPSA) is 58.6 Å². The van der Waals surface area contributed by atoms with E-state index in [-0.39, 0.29) is 17.8 Å². The van der Waals surface area contributed by atoms with E-state index < -0.39 is 0 Å². The highest BCUT2D eigenvalue weighted by atomic mass is 16.5. The Hall–Kier alpha value is -1.10. The lowest BCUT2D eigenvalue weighted by atomic mass is 10.2. The number of rotatable bonds is 6. The Morgan fingerprint density at radius 3 is 2.59 bits per heavy atom. The normalized spacial score (nSPS) is 16.9. The monoisotopic (exact) mass is 242 g/mol. The quantitative estimate of drug-likeness (QED) is 0.685. The number of carbonyl (C=O) groups is 2. The van der Waals surface area contributed by atoms with Gasteiger partial charge in [0.25, 0.3) is 0 Å². The van der Waals surface area contributed by atoms with Gasteiger partial charge in [-0.05, 0) is 19.8 Å². The molecule has 5 nitrogen and oxygen atoms in total. The number of amides is 1. The van der Waals surface area contributed by atoms with E-state index in [2.05, 4.69) is 5.32 Å². The van der Waals surface area contributed by atoms with Gasteiger partial charge in [0, 0.05) is 19.6 Å². The van der Waals surface area contributed by atoms with Crippen molar-refractivity contribution in [2.45, 2.75) is 26.7 Å². The molecular weight excluding hydrogens is 220 g/mol. The Kier molecular flexibility index (Phi) is 5.97. The summed E-state index contributed by atoms with van der Waals surface area (Å²) in [5.41, 5.74) is 0. The second-order valence-corrected chi connectivity index (χ2v) is 4.37. The van der Waals surface area contributed by atoms with Crippen molar-refractivity contribution in [1.82, 2.24) is 10.2 Å². The van der Waals surface area contributed by atoms with Crippen molar-refractivity contribution in [3.05, 3.63) is 0 Å². The molecule has 0 saturated carbocycles. The van der Waals surface area contributed by atoms with E-state index in [0.717, 1.165) is 25.9 Å². The summed E-state index contributed by atoms with van der Waals surface area (Å²) >= 11 is 0. The molecule has 1 fully saturated rings. The maximum absolute atomic E-state index is 11.7. The van der Waals surface area contributed by atoms with Crippen LogP contribution < -0.4 is 5.32 Å². The molecule has 0 aromatic heterocycles. The van der Waals surface area contributed by atoms with Crippen molar-refractivity contribution < 1.29 is 14.3 Å². The zero-order valence-electron chi connectivity index (χ0n) is 10.7. The first kappa shape index (κ1) is 14.0. The van der Waals surface area contributed by atoms with Crippen LogP contribution in [-0.4, -0.2) is 49.6 Å². The SMILES string of the molecule is CCOC(=O)C(C)CNCC(=O)N1CCCC1. The number of ether oxygens (including phenoxy) is 1. The molecular formula is C12H22N2O3. The number of nitrogens with zero attached hydrogens (tertiary/aromatic N) is 1. The van der Waals surface area contributed by atoms with Crippen molar-refractivity contribution in [3.8, 4) is 0 Å². The minimum atomic E-state index is -0.214. The fourth-order valence-corrected chi connectivity index (χ4v) is 1.84. The molecule has 0 aromatic carbocycles. The lowest BCUT2D eigenvalue weighted by molar-refractivity contribution is -0.147. The third-order valence-corrected chi connectivity index (χ3v) is 2.87. The van der Waals surface area contributed by atoms with Crippen LogP contribution in [0.1, 0.15) is 26.7 Å². The van der Waals surface area contributed by atoms with Crippen LogP contribution in [0.15, 0.2) is 0 Å². The Morgan fingerprint density at radius 2 is 2.00 bits per heavy atom. The first-order valence-electron chi connectivity index (χ1n) is 6.30. The Labute approximate surface area is 102 Å². The van der Waals surface area contributed by atoms with Gasteiger partial charge in [0.2, 0.25) is 5.91 Å². The smallest absolute Gasteiger partial charge is 0.309 e. The average molecular weight is 242 g/mol. The van der Waals surface area contributed by atoms with Crippen LogP contribution >= 0.6 is 0 Å². The number of hydrogen-bond donors (Lipinski definition) is 1. The molecule has 0 aromatic rings. The first-order valence-corrected chi connectivity index (χ1v) is 6.30. The lowest BCUT2D eigenvalue weighted by Crippen LogP contribution is -2.38. The van der Waals surface area contributed by atoms with Crippen molar-refractivity contribution in [2.75, 3.05) is 32.8 Å².